The molecule has 4 N–H and O–H groups in total. The highest BCUT2D eigenvalue weighted by molar-refractivity contribution is 5.87. The molecule has 0 atom stereocenters. The number of methoxy groups -OCH3 is 1. The molecule has 0 aliphatic heterocycles. The zero-order valence-electron chi connectivity index (χ0n) is 16.3. The Kier molecular flexibility index (Phi) is 8.08. The fraction of sp³-hybridized carbons (Fsp3) is 0.190. The van der Waals surface area contributed by atoms with Crippen LogP contribution in [-0.2, 0) is 14.3 Å². The van der Waals surface area contributed by atoms with Crippen LogP contribution < -0.4 is 25.7 Å². The van der Waals surface area contributed by atoms with Crippen LogP contribution in [0.15, 0.2) is 42.5 Å². The molecule has 30 heavy (non-hydrogen) atoms. The molecule has 0 amide bonds. The summed E-state index contributed by atoms with van der Waals surface area (Å²) < 4.78 is 20.1. The number of nitriles is 1. The van der Waals surface area contributed by atoms with Gasteiger partial charge in [0.1, 0.15) is 17.2 Å². The normalized spacial score (nSPS) is 10.3. The number of carbonyl (C=O) groups excluding carboxylic acids is 2. The summed E-state index contributed by atoms with van der Waals surface area (Å²) in [4.78, 5) is 23.7. The van der Waals surface area contributed by atoms with Crippen LogP contribution in [0, 0.1) is 11.5 Å². The van der Waals surface area contributed by atoms with Crippen molar-refractivity contribution in [3.05, 3.63) is 48.0 Å². The average molecular weight is 411 g/mol. The van der Waals surface area contributed by atoms with E-state index in [9.17, 15) is 9.59 Å². The number of nitrogens with zero attached hydrogens (tertiary/aromatic N) is 1. The predicted molar refractivity (Wildman–Crippen MR) is 109 cm³/mol. The second kappa shape index (κ2) is 11.0. The van der Waals surface area contributed by atoms with E-state index in [1.807, 2.05) is 0 Å². The van der Waals surface area contributed by atoms with E-state index < -0.39 is 11.9 Å². The second-order valence-corrected chi connectivity index (χ2v) is 6.01. The van der Waals surface area contributed by atoms with Gasteiger partial charge in [0.2, 0.25) is 0 Å². The SMILES string of the molecule is COc1cc(OC#N)ccc1/C=C/C(=O)OCCCC(=O)Oc1cc(N)cc(N)c1. The molecule has 0 spiro atoms. The van der Waals surface area contributed by atoms with Gasteiger partial charge in [0.05, 0.1) is 13.7 Å². The number of hydrogen-bond acceptors (Lipinski definition) is 9. The average Bonchev–Trinajstić information content (AvgIpc) is 2.69. The molecule has 2 aromatic carbocycles. The summed E-state index contributed by atoms with van der Waals surface area (Å²) in [6.07, 6.45) is 4.66. The van der Waals surface area contributed by atoms with E-state index in [0.29, 0.717) is 34.9 Å². The Morgan fingerprint density at radius 1 is 1.10 bits per heavy atom. The first kappa shape index (κ1) is 22.1. The molecule has 0 heterocycles. The molecule has 9 heteroatoms. The molecular weight excluding hydrogens is 390 g/mol. The van der Waals surface area contributed by atoms with Crippen molar-refractivity contribution in [1.29, 1.82) is 5.26 Å². The highest BCUT2D eigenvalue weighted by Crippen LogP contribution is 2.25. The molecule has 0 saturated heterocycles. The van der Waals surface area contributed by atoms with Crippen molar-refractivity contribution in [2.75, 3.05) is 25.2 Å². The van der Waals surface area contributed by atoms with Gasteiger partial charge in [-0.1, -0.05) is 0 Å². The van der Waals surface area contributed by atoms with Crippen LogP contribution in [0.4, 0.5) is 11.4 Å². The number of ether oxygens (including phenoxy) is 4. The fourth-order valence-corrected chi connectivity index (χ4v) is 2.43. The molecule has 0 unspecified atom stereocenters. The number of esters is 2. The quantitative estimate of drug-likeness (QED) is 0.159. The number of anilines is 2. The monoisotopic (exact) mass is 411 g/mol. The summed E-state index contributed by atoms with van der Waals surface area (Å²) in [5, 5.41) is 8.53. The molecule has 0 aliphatic carbocycles. The van der Waals surface area contributed by atoms with Gasteiger partial charge in [-0.15, -0.1) is 5.26 Å². The van der Waals surface area contributed by atoms with Gasteiger partial charge in [-0.3, -0.25) is 4.79 Å². The van der Waals surface area contributed by atoms with Crippen LogP contribution in [0.2, 0.25) is 0 Å². The summed E-state index contributed by atoms with van der Waals surface area (Å²) in [7, 11) is 1.46. The molecule has 2 aromatic rings. The maximum absolute atomic E-state index is 11.8. The number of nitrogens with two attached hydrogens (primary N) is 2. The molecule has 0 saturated carbocycles. The standard InChI is InChI=1S/C21H21N3O6/c1-27-19-12-17(29-13-22)6-4-14(19)5-7-20(25)28-8-2-3-21(26)30-18-10-15(23)9-16(24)11-18/h4-7,9-12H,2-3,8,23-24H2,1H3/b7-5+. The number of carbonyl (C=O) groups is 2. The Morgan fingerprint density at radius 3 is 2.50 bits per heavy atom. The van der Waals surface area contributed by atoms with Gasteiger partial charge in [0.25, 0.3) is 6.26 Å². The number of hydrogen-bond donors (Lipinski definition) is 2. The third kappa shape index (κ3) is 7.09. The summed E-state index contributed by atoms with van der Waals surface area (Å²) in [5.74, 6) is -0.0569. The van der Waals surface area contributed by atoms with Gasteiger partial charge in [0, 0.05) is 47.6 Å². The summed E-state index contributed by atoms with van der Waals surface area (Å²) in [5.41, 5.74) is 12.7. The lowest BCUT2D eigenvalue weighted by molar-refractivity contribution is -0.140. The molecule has 2 rings (SSSR count). The first-order valence-electron chi connectivity index (χ1n) is 8.87. The second-order valence-electron chi connectivity index (χ2n) is 6.01. The summed E-state index contributed by atoms with van der Waals surface area (Å²) in [6, 6.07) is 9.26. The Hall–Kier alpha value is -4.19. The Morgan fingerprint density at radius 2 is 1.83 bits per heavy atom. The van der Waals surface area contributed by atoms with Gasteiger partial charge in [-0.2, -0.15) is 0 Å². The van der Waals surface area contributed by atoms with Crippen molar-refractivity contribution in [2.24, 2.45) is 0 Å². The van der Waals surface area contributed by atoms with Crippen molar-refractivity contribution >= 4 is 29.4 Å². The maximum Gasteiger partial charge on any atom is 0.330 e. The largest absolute Gasteiger partial charge is 0.496 e. The molecule has 0 aromatic heterocycles. The van der Waals surface area contributed by atoms with E-state index in [1.165, 1.54) is 37.5 Å². The molecule has 0 bridgehead atoms. The van der Waals surface area contributed by atoms with Crippen molar-refractivity contribution in [1.82, 2.24) is 0 Å². The third-order valence-corrected chi connectivity index (χ3v) is 3.72. The predicted octanol–water partition coefficient (Wildman–Crippen LogP) is 2.66. The van der Waals surface area contributed by atoms with E-state index in [4.69, 9.17) is 35.7 Å². The van der Waals surface area contributed by atoms with E-state index in [-0.39, 0.29) is 18.8 Å². The van der Waals surface area contributed by atoms with Crippen molar-refractivity contribution < 1.29 is 28.5 Å². The molecule has 0 fully saturated rings. The van der Waals surface area contributed by atoms with Crippen molar-refractivity contribution in [3.8, 4) is 23.5 Å². The minimum atomic E-state index is -0.577. The van der Waals surface area contributed by atoms with Crippen LogP contribution in [-0.4, -0.2) is 25.7 Å². The van der Waals surface area contributed by atoms with Gasteiger partial charge >= 0.3 is 11.9 Å². The molecule has 9 nitrogen and oxygen atoms in total. The lowest BCUT2D eigenvalue weighted by Crippen LogP contribution is -2.10. The Balaban J connectivity index is 1.77. The molecule has 156 valence electrons. The highest BCUT2D eigenvalue weighted by atomic mass is 16.5. The zero-order valence-corrected chi connectivity index (χ0v) is 16.3. The van der Waals surface area contributed by atoms with Crippen LogP contribution in [0.5, 0.6) is 17.2 Å². The van der Waals surface area contributed by atoms with Crippen LogP contribution >= 0.6 is 0 Å². The van der Waals surface area contributed by atoms with Crippen LogP contribution in [0.25, 0.3) is 6.08 Å². The van der Waals surface area contributed by atoms with Crippen molar-refractivity contribution in [3.63, 3.8) is 0 Å². The Labute approximate surface area is 173 Å². The summed E-state index contributed by atoms with van der Waals surface area (Å²) >= 11 is 0. The number of rotatable bonds is 9. The van der Waals surface area contributed by atoms with Gasteiger partial charge in [-0.05, 0) is 30.7 Å². The highest BCUT2D eigenvalue weighted by Gasteiger charge is 2.08. The van der Waals surface area contributed by atoms with E-state index in [0.717, 1.165) is 0 Å². The molecule has 0 radical (unpaired) electrons. The molecular formula is C21H21N3O6. The summed E-state index contributed by atoms with van der Waals surface area (Å²) in [6.45, 7) is 0.0451. The van der Waals surface area contributed by atoms with E-state index >= 15 is 0 Å². The first-order chi connectivity index (χ1) is 14.4. The first-order valence-corrected chi connectivity index (χ1v) is 8.87. The van der Waals surface area contributed by atoms with Gasteiger partial charge in [0.15, 0.2) is 0 Å². The minimum absolute atomic E-state index is 0.0451. The van der Waals surface area contributed by atoms with Crippen LogP contribution in [0.3, 0.4) is 0 Å². The minimum Gasteiger partial charge on any atom is -0.496 e. The molecule has 0 aliphatic rings. The zero-order chi connectivity index (χ0) is 21.9. The van der Waals surface area contributed by atoms with Gasteiger partial charge in [-0.25, -0.2) is 4.79 Å². The van der Waals surface area contributed by atoms with Gasteiger partial charge < -0.3 is 30.4 Å². The smallest absolute Gasteiger partial charge is 0.330 e. The van der Waals surface area contributed by atoms with Crippen LogP contribution in [0.1, 0.15) is 18.4 Å². The maximum atomic E-state index is 11.8. The van der Waals surface area contributed by atoms with Crippen molar-refractivity contribution in [2.45, 2.75) is 12.8 Å². The topological polar surface area (TPSA) is 147 Å². The number of nitrogen functional groups attached to an aromatic ring is 2. The third-order valence-electron chi connectivity index (χ3n) is 3.72. The number of benzene rings is 2. The fourth-order valence-electron chi connectivity index (χ4n) is 2.43. The van der Waals surface area contributed by atoms with E-state index in [2.05, 4.69) is 0 Å². The Bertz CT molecular complexity index is 961. The lowest BCUT2D eigenvalue weighted by Gasteiger charge is -2.07. The lowest BCUT2D eigenvalue weighted by atomic mass is 10.2. The van der Waals surface area contributed by atoms with E-state index in [1.54, 1.807) is 24.5 Å².